The first-order chi connectivity index (χ1) is 6.63. The van der Waals surface area contributed by atoms with E-state index in [2.05, 4.69) is 13.8 Å². The van der Waals surface area contributed by atoms with Gasteiger partial charge in [-0.15, -0.1) is 0 Å². The number of nitrogens with two attached hydrogens (primary N) is 1. The topological polar surface area (TPSA) is 46.3 Å². The van der Waals surface area contributed by atoms with E-state index in [0.29, 0.717) is 12.3 Å². The van der Waals surface area contributed by atoms with Crippen molar-refractivity contribution in [3.8, 4) is 0 Å². The Balaban J connectivity index is 2.27. The summed E-state index contributed by atoms with van der Waals surface area (Å²) < 4.78 is 0. The molecular weight excluding hydrogens is 176 g/mol. The van der Waals surface area contributed by atoms with E-state index in [1.807, 2.05) is 4.90 Å². The predicted molar refractivity (Wildman–Crippen MR) is 57.9 cm³/mol. The summed E-state index contributed by atoms with van der Waals surface area (Å²) in [6.45, 7) is 6.15. The third-order valence-electron chi connectivity index (χ3n) is 2.87. The maximum atomic E-state index is 11.7. The van der Waals surface area contributed by atoms with Gasteiger partial charge in [-0.1, -0.05) is 20.3 Å². The van der Waals surface area contributed by atoms with E-state index in [-0.39, 0.29) is 11.9 Å². The first kappa shape index (κ1) is 11.5. The molecule has 0 spiro atoms. The fourth-order valence-electron chi connectivity index (χ4n) is 1.99. The van der Waals surface area contributed by atoms with Crippen LogP contribution in [0.15, 0.2) is 0 Å². The molecule has 2 N–H and O–H groups in total. The largest absolute Gasteiger partial charge is 0.342 e. The molecule has 1 amide bonds. The summed E-state index contributed by atoms with van der Waals surface area (Å²) in [5.74, 6) is 0.914. The van der Waals surface area contributed by atoms with Crippen molar-refractivity contribution >= 4 is 5.91 Å². The minimum Gasteiger partial charge on any atom is -0.342 e. The normalized spacial score (nSPS) is 23.9. The van der Waals surface area contributed by atoms with Gasteiger partial charge in [0.05, 0.1) is 0 Å². The van der Waals surface area contributed by atoms with Crippen LogP contribution < -0.4 is 5.73 Å². The minimum atomic E-state index is 0.0587. The summed E-state index contributed by atoms with van der Waals surface area (Å²) in [7, 11) is 0. The minimum absolute atomic E-state index is 0.0587. The lowest BCUT2D eigenvalue weighted by atomic mass is 10.1. The number of rotatable bonds is 4. The highest BCUT2D eigenvalue weighted by Crippen LogP contribution is 2.16. The Morgan fingerprint density at radius 3 is 2.86 bits per heavy atom. The van der Waals surface area contributed by atoms with Gasteiger partial charge >= 0.3 is 0 Å². The Morgan fingerprint density at radius 1 is 1.64 bits per heavy atom. The SMILES string of the molecule is CCCC(N)CC(=O)N1CCC(C)C1. The number of likely N-dealkylation sites (tertiary alicyclic amines) is 1. The van der Waals surface area contributed by atoms with Gasteiger partial charge in [0.2, 0.25) is 5.91 Å². The summed E-state index contributed by atoms with van der Waals surface area (Å²) in [6, 6.07) is 0.0587. The van der Waals surface area contributed by atoms with Gasteiger partial charge in [-0.3, -0.25) is 4.79 Å². The number of carbonyl (C=O) groups is 1. The van der Waals surface area contributed by atoms with Crippen LogP contribution in [0.2, 0.25) is 0 Å². The van der Waals surface area contributed by atoms with Crippen LogP contribution in [0.1, 0.15) is 39.5 Å². The lowest BCUT2D eigenvalue weighted by Gasteiger charge is -2.18. The summed E-state index contributed by atoms with van der Waals surface area (Å²) in [4.78, 5) is 13.7. The second-order valence-corrected chi connectivity index (χ2v) is 4.49. The first-order valence-electron chi connectivity index (χ1n) is 5.66. The molecule has 82 valence electrons. The Morgan fingerprint density at radius 2 is 2.36 bits per heavy atom. The molecule has 0 aliphatic carbocycles. The van der Waals surface area contributed by atoms with Gasteiger partial charge in [-0.25, -0.2) is 0 Å². The van der Waals surface area contributed by atoms with Gasteiger partial charge in [-0.2, -0.15) is 0 Å². The zero-order valence-electron chi connectivity index (χ0n) is 9.33. The van der Waals surface area contributed by atoms with Crippen LogP contribution in [0.4, 0.5) is 0 Å². The van der Waals surface area contributed by atoms with E-state index < -0.39 is 0 Å². The van der Waals surface area contributed by atoms with Crippen molar-refractivity contribution in [2.75, 3.05) is 13.1 Å². The van der Waals surface area contributed by atoms with Crippen molar-refractivity contribution in [3.63, 3.8) is 0 Å². The summed E-state index contributed by atoms with van der Waals surface area (Å²) >= 11 is 0. The average molecular weight is 198 g/mol. The molecule has 3 heteroatoms. The van der Waals surface area contributed by atoms with Crippen molar-refractivity contribution in [2.45, 2.75) is 45.6 Å². The standard InChI is InChI=1S/C11H22N2O/c1-3-4-10(12)7-11(14)13-6-5-9(2)8-13/h9-10H,3-8,12H2,1-2H3. The molecule has 0 bridgehead atoms. The van der Waals surface area contributed by atoms with Crippen LogP contribution in [0.25, 0.3) is 0 Å². The molecule has 0 aromatic heterocycles. The molecule has 3 nitrogen and oxygen atoms in total. The van der Waals surface area contributed by atoms with Gasteiger partial charge in [0, 0.05) is 25.6 Å². The van der Waals surface area contributed by atoms with E-state index in [0.717, 1.165) is 32.4 Å². The Kier molecular flexibility index (Phi) is 4.39. The molecule has 1 saturated heterocycles. The van der Waals surface area contributed by atoms with Crippen LogP contribution in [0.5, 0.6) is 0 Å². The molecular formula is C11H22N2O. The Hall–Kier alpha value is -0.570. The van der Waals surface area contributed by atoms with E-state index in [1.54, 1.807) is 0 Å². The first-order valence-corrected chi connectivity index (χ1v) is 5.66. The van der Waals surface area contributed by atoms with Crippen molar-refractivity contribution < 1.29 is 4.79 Å². The second-order valence-electron chi connectivity index (χ2n) is 4.49. The highest BCUT2D eigenvalue weighted by atomic mass is 16.2. The van der Waals surface area contributed by atoms with Gasteiger partial charge in [0.1, 0.15) is 0 Å². The average Bonchev–Trinajstić information content (AvgIpc) is 2.52. The number of carbonyl (C=O) groups excluding carboxylic acids is 1. The molecule has 1 rings (SSSR count). The quantitative estimate of drug-likeness (QED) is 0.741. The predicted octanol–water partition coefficient (Wildman–Crippen LogP) is 1.37. The molecule has 1 fully saturated rings. The second kappa shape index (κ2) is 5.35. The number of amides is 1. The van der Waals surface area contributed by atoms with Crippen LogP contribution in [0, 0.1) is 5.92 Å². The Bertz CT molecular complexity index is 194. The summed E-state index contributed by atoms with van der Waals surface area (Å²) in [5, 5.41) is 0. The molecule has 14 heavy (non-hydrogen) atoms. The third-order valence-corrected chi connectivity index (χ3v) is 2.87. The smallest absolute Gasteiger partial charge is 0.224 e. The van der Waals surface area contributed by atoms with Crippen LogP contribution in [-0.2, 0) is 4.79 Å². The highest BCUT2D eigenvalue weighted by Gasteiger charge is 2.23. The fraction of sp³-hybridized carbons (Fsp3) is 0.909. The molecule has 0 aromatic rings. The zero-order chi connectivity index (χ0) is 10.6. The van der Waals surface area contributed by atoms with Gasteiger partial charge in [-0.05, 0) is 18.8 Å². The van der Waals surface area contributed by atoms with Crippen LogP contribution in [-0.4, -0.2) is 29.9 Å². The number of nitrogens with zero attached hydrogens (tertiary/aromatic N) is 1. The number of hydrogen-bond donors (Lipinski definition) is 1. The summed E-state index contributed by atoms with van der Waals surface area (Å²) in [6.07, 6.45) is 3.69. The van der Waals surface area contributed by atoms with Crippen LogP contribution >= 0.6 is 0 Å². The van der Waals surface area contributed by atoms with Gasteiger partial charge < -0.3 is 10.6 Å². The fourth-order valence-corrected chi connectivity index (χ4v) is 1.99. The summed E-state index contributed by atoms with van der Waals surface area (Å²) in [5.41, 5.74) is 5.84. The molecule has 1 heterocycles. The third kappa shape index (κ3) is 3.29. The lowest BCUT2D eigenvalue weighted by molar-refractivity contribution is -0.130. The van der Waals surface area contributed by atoms with E-state index >= 15 is 0 Å². The number of hydrogen-bond acceptors (Lipinski definition) is 2. The molecule has 0 aromatic carbocycles. The van der Waals surface area contributed by atoms with E-state index in [1.165, 1.54) is 0 Å². The highest BCUT2D eigenvalue weighted by molar-refractivity contribution is 5.77. The zero-order valence-corrected chi connectivity index (χ0v) is 9.33. The lowest BCUT2D eigenvalue weighted by Crippen LogP contribution is -2.34. The maximum absolute atomic E-state index is 11.7. The maximum Gasteiger partial charge on any atom is 0.224 e. The molecule has 0 saturated carbocycles. The molecule has 2 unspecified atom stereocenters. The van der Waals surface area contributed by atoms with Gasteiger partial charge in [0.25, 0.3) is 0 Å². The van der Waals surface area contributed by atoms with Crippen molar-refractivity contribution in [1.29, 1.82) is 0 Å². The van der Waals surface area contributed by atoms with Crippen molar-refractivity contribution in [1.82, 2.24) is 4.90 Å². The van der Waals surface area contributed by atoms with E-state index in [9.17, 15) is 4.79 Å². The van der Waals surface area contributed by atoms with E-state index in [4.69, 9.17) is 5.73 Å². The molecule has 0 radical (unpaired) electrons. The molecule has 1 aliphatic rings. The van der Waals surface area contributed by atoms with Crippen molar-refractivity contribution in [2.24, 2.45) is 11.7 Å². The molecule has 2 atom stereocenters. The van der Waals surface area contributed by atoms with Crippen LogP contribution in [0.3, 0.4) is 0 Å². The van der Waals surface area contributed by atoms with Crippen molar-refractivity contribution in [3.05, 3.63) is 0 Å². The monoisotopic (exact) mass is 198 g/mol. The molecule has 1 aliphatic heterocycles. The Labute approximate surface area is 86.6 Å². The van der Waals surface area contributed by atoms with Gasteiger partial charge in [0.15, 0.2) is 0 Å².